The average Bonchev–Trinajstić information content (AvgIpc) is 2.91. The molecule has 1 aromatic rings. The second-order valence-corrected chi connectivity index (χ2v) is 3.78. The number of hydrogen-bond acceptors (Lipinski definition) is 1. The quantitative estimate of drug-likeness (QED) is 0.649. The van der Waals surface area contributed by atoms with E-state index in [1.807, 2.05) is 11.6 Å². The van der Waals surface area contributed by atoms with Crippen LogP contribution in [0.5, 0.6) is 0 Å². The summed E-state index contributed by atoms with van der Waals surface area (Å²) in [4.78, 5) is 10.9. The minimum Gasteiger partial charge on any atom is -0.345 e. The van der Waals surface area contributed by atoms with Crippen LogP contribution in [0.1, 0.15) is 47.4 Å². The van der Waals surface area contributed by atoms with E-state index in [2.05, 4.69) is 13.0 Å². The van der Waals surface area contributed by atoms with Gasteiger partial charge in [0.15, 0.2) is 6.29 Å². The number of nitrogens with zero attached hydrogens (tertiary/aromatic N) is 1. The van der Waals surface area contributed by atoms with E-state index in [4.69, 9.17) is 0 Å². The lowest BCUT2D eigenvalue weighted by Crippen LogP contribution is -2.00. The third kappa shape index (κ3) is 1.30. The van der Waals surface area contributed by atoms with Gasteiger partial charge in [-0.15, -0.1) is 0 Å². The highest BCUT2D eigenvalue weighted by atomic mass is 16.1. The number of carbonyl (C=O) groups excluding carboxylic acids is 1. The van der Waals surface area contributed by atoms with Crippen LogP contribution in [0.4, 0.5) is 0 Å². The van der Waals surface area contributed by atoms with Crippen LogP contribution in [0.2, 0.25) is 0 Å². The predicted molar refractivity (Wildman–Crippen MR) is 52.2 cm³/mol. The van der Waals surface area contributed by atoms with Gasteiger partial charge in [0.1, 0.15) is 0 Å². The topological polar surface area (TPSA) is 22.0 Å². The van der Waals surface area contributed by atoms with Gasteiger partial charge in [0, 0.05) is 12.7 Å². The van der Waals surface area contributed by atoms with Crippen molar-refractivity contribution in [3.05, 3.63) is 23.0 Å². The van der Waals surface area contributed by atoms with Crippen molar-refractivity contribution in [2.24, 2.45) is 7.05 Å². The maximum absolute atomic E-state index is 10.9. The first kappa shape index (κ1) is 8.54. The Hall–Kier alpha value is -1.05. The summed E-state index contributed by atoms with van der Waals surface area (Å²) in [7, 11) is 1.98. The molecule has 1 saturated carbocycles. The normalized spacial score (nSPS) is 16.2. The molecule has 1 aliphatic carbocycles. The Morgan fingerprint density at radius 1 is 1.62 bits per heavy atom. The molecule has 1 fully saturated rings. The molecule has 0 amide bonds. The molecule has 2 rings (SSSR count). The van der Waals surface area contributed by atoms with Gasteiger partial charge in [-0.1, -0.05) is 6.92 Å². The van der Waals surface area contributed by atoms with Gasteiger partial charge in [0.05, 0.1) is 5.69 Å². The van der Waals surface area contributed by atoms with Gasteiger partial charge in [0.25, 0.3) is 0 Å². The van der Waals surface area contributed by atoms with E-state index in [1.54, 1.807) is 0 Å². The summed E-state index contributed by atoms with van der Waals surface area (Å²) < 4.78 is 2.03. The fraction of sp³-hybridized carbons (Fsp3) is 0.545. The number of aryl methyl sites for hydroxylation is 1. The second kappa shape index (κ2) is 3.02. The SMILES string of the molecule is CCc1cc(C2CC2)c(C=O)n1C. The van der Waals surface area contributed by atoms with Crippen molar-refractivity contribution in [1.29, 1.82) is 0 Å². The van der Waals surface area contributed by atoms with Crippen LogP contribution in [-0.2, 0) is 13.5 Å². The minimum absolute atomic E-state index is 0.673. The summed E-state index contributed by atoms with van der Waals surface area (Å²) in [6.45, 7) is 2.13. The van der Waals surface area contributed by atoms with Gasteiger partial charge in [-0.25, -0.2) is 0 Å². The average molecular weight is 177 g/mol. The Morgan fingerprint density at radius 3 is 2.77 bits per heavy atom. The molecule has 0 atom stereocenters. The standard InChI is InChI=1S/C11H15NO/c1-3-9-6-10(8-4-5-8)11(7-13)12(9)2/h6-8H,3-5H2,1-2H3. The number of hydrogen-bond donors (Lipinski definition) is 0. The number of aldehydes is 1. The van der Waals surface area contributed by atoms with Crippen LogP contribution in [0, 0.1) is 0 Å². The molecule has 0 radical (unpaired) electrons. The van der Waals surface area contributed by atoms with Crippen molar-refractivity contribution in [2.45, 2.75) is 32.1 Å². The van der Waals surface area contributed by atoms with Gasteiger partial charge in [-0.2, -0.15) is 0 Å². The van der Waals surface area contributed by atoms with Crippen LogP contribution in [0.3, 0.4) is 0 Å². The molecule has 2 nitrogen and oxygen atoms in total. The molecule has 2 heteroatoms. The molecule has 0 aliphatic heterocycles. The largest absolute Gasteiger partial charge is 0.345 e. The zero-order chi connectivity index (χ0) is 9.42. The first-order valence-electron chi connectivity index (χ1n) is 4.91. The van der Waals surface area contributed by atoms with E-state index >= 15 is 0 Å². The second-order valence-electron chi connectivity index (χ2n) is 3.78. The maximum atomic E-state index is 10.9. The number of rotatable bonds is 3. The first-order valence-corrected chi connectivity index (χ1v) is 4.91. The Kier molecular flexibility index (Phi) is 1.98. The summed E-state index contributed by atoms with van der Waals surface area (Å²) >= 11 is 0. The summed E-state index contributed by atoms with van der Waals surface area (Å²) in [5.41, 5.74) is 3.43. The van der Waals surface area contributed by atoms with Crippen LogP contribution in [0.15, 0.2) is 6.07 Å². The van der Waals surface area contributed by atoms with Crippen molar-refractivity contribution in [2.75, 3.05) is 0 Å². The van der Waals surface area contributed by atoms with Crippen LogP contribution < -0.4 is 0 Å². The molecular weight excluding hydrogens is 162 g/mol. The summed E-state index contributed by atoms with van der Waals surface area (Å²) in [5.74, 6) is 0.673. The Bertz CT molecular complexity index is 334. The van der Waals surface area contributed by atoms with E-state index in [0.29, 0.717) is 5.92 Å². The third-order valence-corrected chi connectivity index (χ3v) is 2.90. The molecule has 0 saturated heterocycles. The monoisotopic (exact) mass is 177 g/mol. The molecule has 1 heterocycles. The molecule has 1 aromatic heterocycles. The lowest BCUT2D eigenvalue weighted by atomic mass is 10.1. The van der Waals surface area contributed by atoms with Gasteiger partial charge in [0.2, 0.25) is 0 Å². The highest BCUT2D eigenvalue weighted by Crippen LogP contribution is 2.42. The van der Waals surface area contributed by atoms with Crippen molar-refractivity contribution in [3.63, 3.8) is 0 Å². The summed E-state index contributed by atoms with van der Waals surface area (Å²) in [6, 6.07) is 2.20. The summed E-state index contributed by atoms with van der Waals surface area (Å²) in [5, 5.41) is 0. The van der Waals surface area contributed by atoms with Gasteiger partial charge >= 0.3 is 0 Å². The molecule has 0 spiro atoms. The highest BCUT2D eigenvalue weighted by molar-refractivity contribution is 5.76. The fourth-order valence-electron chi connectivity index (χ4n) is 1.91. The highest BCUT2D eigenvalue weighted by Gasteiger charge is 2.28. The van der Waals surface area contributed by atoms with Gasteiger partial charge in [-0.05, 0) is 36.8 Å². The fourth-order valence-corrected chi connectivity index (χ4v) is 1.91. The molecular formula is C11H15NO. The van der Waals surface area contributed by atoms with E-state index in [1.165, 1.54) is 24.1 Å². The Morgan fingerprint density at radius 2 is 2.31 bits per heavy atom. The molecule has 13 heavy (non-hydrogen) atoms. The third-order valence-electron chi connectivity index (χ3n) is 2.90. The van der Waals surface area contributed by atoms with E-state index in [0.717, 1.165) is 18.4 Å². The van der Waals surface area contributed by atoms with Crippen LogP contribution in [-0.4, -0.2) is 10.9 Å². The molecule has 1 aliphatic rings. The lowest BCUT2D eigenvalue weighted by molar-refractivity contribution is 0.111. The lowest BCUT2D eigenvalue weighted by Gasteiger charge is -2.00. The van der Waals surface area contributed by atoms with Crippen LogP contribution >= 0.6 is 0 Å². The first-order chi connectivity index (χ1) is 6.27. The van der Waals surface area contributed by atoms with Gasteiger partial charge in [-0.3, -0.25) is 4.79 Å². The zero-order valence-corrected chi connectivity index (χ0v) is 8.21. The maximum Gasteiger partial charge on any atom is 0.166 e. The van der Waals surface area contributed by atoms with Gasteiger partial charge < -0.3 is 4.57 Å². The molecule has 0 bridgehead atoms. The number of carbonyl (C=O) groups is 1. The van der Waals surface area contributed by atoms with E-state index < -0.39 is 0 Å². The predicted octanol–water partition coefficient (Wildman–Crippen LogP) is 2.28. The van der Waals surface area contributed by atoms with Crippen molar-refractivity contribution in [3.8, 4) is 0 Å². The Balaban J connectivity index is 2.47. The van der Waals surface area contributed by atoms with Crippen molar-refractivity contribution < 1.29 is 4.79 Å². The molecule has 0 unspecified atom stereocenters. The van der Waals surface area contributed by atoms with E-state index in [9.17, 15) is 4.79 Å². The molecule has 0 N–H and O–H groups in total. The number of aromatic nitrogens is 1. The Labute approximate surface area is 78.6 Å². The molecule has 0 aromatic carbocycles. The van der Waals surface area contributed by atoms with E-state index in [-0.39, 0.29) is 0 Å². The van der Waals surface area contributed by atoms with Crippen molar-refractivity contribution in [1.82, 2.24) is 4.57 Å². The zero-order valence-electron chi connectivity index (χ0n) is 8.21. The summed E-state index contributed by atoms with van der Waals surface area (Å²) in [6.07, 6.45) is 4.51. The van der Waals surface area contributed by atoms with Crippen molar-refractivity contribution >= 4 is 6.29 Å². The van der Waals surface area contributed by atoms with Crippen LogP contribution in [0.25, 0.3) is 0 Å². The minimum atomic E-state index is 0.673. The smallest absolute Gasteiger partial charge is 0.166 e. The molecule has 70 valence electrons.